The van der Waals surface area contributed by atoms with Crippen LogP contribution in [0.5, 0.6) is 0 Å². The molecular formula is C13H27NO. The Morgan fingerprint density at radius 3 is 1.93 bits per heavy atom. The third-order valence-corrected chi connectivity index (χ3v) is 2.54. The normalized spacial score (nSPS) is 16.7. The quantitative estimate of drug-likeness (QED) is 0.688. The molecule has 0 aromatic carbocycles. The predicted octanol–water partition coefficient (Wildman–Crippen LogP) is 3.46. The molecular weight excluding hydrogens is 186 g/mol. The van der Waals surface area contributed by atoms with Crippen molar-refractivity contribution in [1.29, 1.82) is 0 Å². The molecule has 0 unspecified atom stereocenters. The van der Waals surface area contributed by atoms with Gasteiger partial charge in [-0.05, 0) is 18.8 Å². The van der Waals surface area contributed by atoms with Crippen molar-refractivity contribution >= 4 is 5.91 Å². The van der Waals surface area contributed by atoms with Gasteiger partial charge < -0.3 is 4.90 Å². The maximum atomic E-state index is 11.7. The maximum absolute atomic E-state index is 11.7. The predicted molar refractivity (Wildman–Crippen MR) is 65.9 cm³/mol. The number of nitrogens with zero attached hydrogens (tertiary/aromatic N) is 1. The summed E-state index contributed by atoms with van der Waals surface area (Å²) < 4.78 is 0. The van der Waals surface area contributed by atoms with Gasteiger partial charge in [-0.1, -0.05) is 40.5 Å². The first kappa shape index (κ1) is 14.5. The second-order valence-corrected chi connectivity index (χ2v) is 4.39. The molecule has 2 heteroatoms. The number of amides is 1. The van der Waals surface area contributed by atoms with Crippen LogP contribution >= 0.6 is 0 Å². The Morgan fingerprint density at radius 1 is 1.07 bits per heavy atom. The largest absolute Gasteiger partial charge is 0.343 e. The summed E-state index contributed by atoms with van der Waals surface area (Å²) >= 11 is 0. The van der Waals surface area contributed by atoms with Gasteiger partial charge in [0.2, 0.25) is 5.91 Å². The van der Waals surface area contributed by atoms with Gasteiger partial charge in [0.05, 0.1) is 0 Å². The number of carbonyl (C=O) groups excluding carboxylic acids is 1. The minimum atomic E-state index is 0.358. The van der Waals surface area contributed by atoms with Crippen molar-refractivity contribution in [2.45, 2.75) is 59.8 Å². The molecule has 2 nitrogen and oxygen atoms in total. The summed E-state index contributed by atoms with van der Waals surface area (Å²) in [6.45, 7) is 10.2. The fourth-order valence-corrected chi connectivity index (χ4v) is 1.80. The Hall–Kier alpha value is -0.530. The van der Waals surface area contributed by atoms with E-state index in [1.54, 1.807) is 0 Å². The highest BCUT2D eigenvalue weighted by atomic mass is 16.2. The van der Waals surface area contributed by atoms with Crippen molar-refractivity contribution in [2.24, 2.45) is 5.92 Å². The number of hydrogen-bond acceptors (Lipinski definition) is 1. The molecule has 0 bridgehead atoms. The lowest BCUT2D eigenvalue weighted by Crippen LogP contribution is -2.32. The summed E-state index contributed by atoms with van der Waals surface area (Å²) in [5.74, 6) is 0.854. The van der Waals surface area contributed by atoms with Crippen LogP contribution in [0.3, 0.4) is 0 Å². The van der Waals surface area contributed by atoms with Crippen molar-refractivity contribution in [3.05, 3.63) is 0 Å². The average Bonchev–Trinajstić information content (AvgIpc) is 2.48. The molecule has 0 aromatic heterocycles. The Morgan fingerprint density at radius 2 is 1.53 bits per heavy atom. The van der Waals surface area contributed by atoms with Crippen LogP contribution < -0.4 is 0 Å². The molecule has 0 spiro atoms. The molecule has 1 fully saturated rings. The number of likely N-dealkylation sites (tertiary alicyclic amines) is 1. The van der Waals surface area contributed by atoms with Crippen LogP contribution in [-0.2, 0) is 4.79 Å². The van der Waals surface area contributed by atoms with Crippen LogP contribution in [0.2, 0.25) is 0 Å². The highest BCUT2D eigenvalue weighted by Crippen LogP contribution is 2.12. The first-order valence-electron chi connectivity index (χ1n) is 6.48. The SMILES string of the molecule is CC.CC(C)CC(=O)N1CCCCCC1. The van der Waals surface area contributed by atoms with Crippen LogP contribution in [0, 0.1) is 5.92 Å². The Balaban J connectivity index is 0.000000921. The van der Waals surface area contributed by atoms with Gasteiger partial charge >= 0.3 is 0 Å². The third kappa shape index (κ3) is 6.53. The molecule has 1 amide bonds. The molecule has 0 saturated carbocycles. The highest BCUT2D eigenvalue weighted by molar-refractivity contribution is 5.76. The van der Waals surface area contributed by atoms with E-state index in [1.165, 1.54) is 25.7 Å². The Kier molecular flexibility index (Phi) is 8.44. The zero-order chi connectivity index (χ0) is 11.7. The van der Waals surface area contributed by atoms with Gasteiger partial charge in [-0.15, -0.1) is 0 Å². The summed E-state index contributed by atoms with van der Waals surface area (Å²) in [7, 11) is 0. The summed E-state index contributed by atoms with van der Waals surface area (Å²) in [5, 5.41) is 0. The van der Waals surface area contributed by atoms with E-state index < -0.39 is 0 Å². The molecule has 1 heterocycles. The molecule has 0 N–H and O–H groups in total. The fraction of sp³-hybridized carbons (Fsp3) is 0.923. The molecule has 90 valence electrons. The van der Waals surface area contributed by atoms with Gasteiger partial charge in [-0.25, -0.2) is 0 Å². The van der Waals surface area contributed by atoms with Gasteiger partial charge in [0.25, 0.3) is 0 Å². The first-order chi connectivity index (χ1) is 7.20. The minimum Gasteiger partial charge on any atom is -0.343 e. The van der Waals surface area contributed by atoms with Gasteiger partial charge in [-0.3, -0.25) is 4.79 Å². The van der Waals surface area contributed by atoms with Gasteiger partial charge in [0.15, 0.2) is 0 Å². The molecule has 1 rings (SSSR count). The highest BCUT2D eigenvalue weighted by Gasteiger charge is 2.15. The maximum Gasteiger partial charge on any atom is 0.222 e. The molecule has 0 atom stereocenters. The van der Waals surface area contributed by atoms with E-state index >= 15 is 0 Å². The third-order valence-electron chi connectivity index (χ3n) is 2.54. The lowest BCUT2D eigenvalue weighted by Gasteiger charge is -2.21. The number of hydrogen-bond donors (Lipinski definition) is 0. The minimum absolute atomic E-state index is 0.358. The van der Waals surface area contributed by atoms with E-state index in [4.69, 9.17) is 0 Å². The van der Waals surface area contributed by atoms with Crippen LogP contribution in [0.4, 0.5) is 0 Å². The van der Waals surface area contributed by atoms with E-state index in [-0.39, 0.29) is 0 Å². The topological polar surface area (TPSA) is 20.3 Å². The zero-order valence-electron chi connectivity index (χ0n) is 10.9. The van der Waals surface area contributed by atoms with Gasteiger partial charge in [0.1, 0.15) is 0 Å². The van der Waals surface area contributed by atoms with Crippen molar-refractivity contribution in [3.8, 4) is 0 Å². The van der Waals surface area contributed by atoms with Crippen molar-refractivity contribution < 1.29 is 4.79 Å². The van der Waals surface area contributed by atoms with Gasteiger partial charge in [0, 0.05) is 19.5 Å². The van der Waals surface area contributed by atoms with Crippen molar-refractivity contribution in [2.75, 3.05) is 13.1 Å². The smallest absolute Gasteiger partial charge is 0.222 e. The summed E-state index contributed by atoms with van der Waals surface area (Å²) in [5.41, 5.74) is 0. The molecule has 0 aromatic rings. The molecule has 1 aliphatic rings. The average molecular weight is 213 g/mol. The van der Waals surface area contributed by atoms with Crippen molar-refractivity contribution in [1.82, 2.24) is 4.90 Å². The number of rotatable bonds is 2. The van der Waals surface area contributed by atoms with Crippen molar-refractivity contribution in [3.63, 3.8) is 0 Å². The first-order valence-corrected chi connectivity index (χ1v) is 6.48. The van der Waals surface area contributed by atoms with E-state index in [0.29, 0.717) is 11.8 Å². The van der Waals surface area contributed by atoms with Crippen LogP contribution in [0.15, 0.2) is 0 Å². The summed E-state index contributed by atoms with van der Waals surface area (Å²) in [6.07, 6.45) is 5.71. The Bertz CT molecular complexity index is 158. The lowest BCUT2D eigenvalue weighted by molar-refractivity contribution is -0.131. The molecule has 0 radical (unpaired) electrons. The lowest BCUT2D eigenvalue weighted by atomic mass is 10.1. The molecule has 15 heavy (non-hydrogen) atoms. The number of carbonyl (C=O) groups is 1. The van der Waals surface area contributed by atoms with Crippen LogP contribution in [0.1, 0.15) is 59.8 Å². The monoisotopic (exact) mass is 213 g/mol. The molecule has 1 saturated heterocycles. The van der Waals surface area contributed by atoms with Crippen LogP contribution in [-0.4, -0.2) is 23.9 Å². The van der Waals surface area contributed by atoms with E-state index in [1.807, 2.05) is 18.7 Å². The zero-order valence-corrected chi connectivity index (χ0v) is 10.9. The molecule has 0 aliphatic carbocycles. The van der Waals surface area contributed by atoms with Crippen LogP contribution in [0.25, 0.3) is 0 Å². The van der Waals surface area contributed by atoms with E-state index in [2.05, 4.69) is 13.8 Å². The second-order valence-electron chi connectivity index (χ2n) is 4.39. The molecule has 1 aliphatic heterocycles. The second kappa shape index (κ2) is 8.75. The van der Waals surface area contributed by atoms with Gasteiger partial charge in [-0.2, -0.15) is 0 Å². The fourth-order valence-electron chi connectivity index (χ4n) is 1.80. The summed E-state index contributed by atoms with van der Waals surface area (Å²) in [4.78, 5) is 13.7. The van der Waals surface area contributed by atoms with E-state index in [9.17, 15) is 4.79 Å². The van der Waals surface area contributed by atoms with E-state index in [0.717, 1.165) is 19.5 Å². The standard InChI is InChI=1S/C11H21NO.C2H6/c1-10(2)9-11(13)12-7-5-3-4-6-8-12;1-2/h10H,3-9H2,1-2H3;1-2H3. The summed E-state index contributed by atoms with van der Waals surface area (Å²) in [6, 6.07) is 0. The Labute approximate surface area is 95.0 Å².